The number of halogens is 2. The molecule has 0 radical (unpaired) electrons. The summed E-state index contributed by atoms with van der Waals surface area (Å²) >= 11 is 0. The molecule has 174 valence electrons. The Bertz CT molecular complexity index is 927. The Labute approximate surface area is 184 Å². The minimum absolute atomic E-state index is 0.0584. The van der Waals surface area contributed by atoms with Gasteiger partial charge in [0.1, 0.15) is 5.75 Å². The van der Waals surface area contributed by atoms with E-state index in [-0.39, 0.29) is 47.0 Å². The Hall–Kier alpha value is -2.21. The Morgan fingerprint density at radius 1 is 1.25 bits per heavy atom. The molecule has 6 aliphatic rings. The van der Waals surface area contributed by atoms with Crippen LogP contribution in [-0.4, -0.2) is 66.2 Å². The summed E-state index contributed by atoms with van der Waals surface area (Å²) in [7, 11) is 0. The summed E-state index contributed by atoms with van der Waals surface area (Å²) in [6.45, 7) is 3.97. The first-order chi connectivity index (χ1) is 15.2. The van der Waals surface area contributed by atoms with Gasteiger partial charge in [-0.3, -0.25) is 20.9 Å². The molecule has 2 bridgehead atoms. The van der Waals surface area contributed by atoms with Crippen LogP contribution in [0.5, 0.6) is 17.2 Å². The number of alkyl halides is 2. The van der Waals surface area contributed by atoms with Crippen molar-refractivity contribution in [1.29, 1.82) is 0 Å². The van der Waals surface area contributed by atoms with Gasteiger partial charge in [-0.2, -0.15) is 0 Å². The topological polar surface area (TPSA) is 96.1 Å². The van der Waals surface area contributed by atoms with Crippen LogP contribution in [0.25, 0.3) is 0 Å². The van der Waals surface area contributed by atoms with Crippen molar-refractivity contribution in [1.82, 2.24) is 26.4 Å². The lowest BCUT2D eigenvalue weighted by Crippen LogP contribution is -2.86. The standard InChI is InChI=1S/C21H27F2N5O4/c1-12-6-14-18(24-4-5-28(14)27-12)26-20-9-19(10-20,11-20)25-17(29)8-30-13-2-3-15-16(7-13)32-21(22,23)31-15/h2-3,7,12,14,18,24,26-27H,4-6,8-11H2,1H3,(H,25,29). The van der Waals surface area contributed by atoms with Crippen molar-refractivity contribution in [2.45, 2.75) is 68.2 Å². The number of carbonyl (C=O) groups excluding carboxylic acids is 1. The number of hydrazine groups is 1. The first-order valence-corrected chi connectivity index (χ1v) is 11.1. The number of hydrogen-bond acceptors (Lipinski definition) is 8. The predicted molar refractivity (Wildman–Crippen MR) is 108 cm³/mol. The average Bonchev–Trinajstić information content (AvgIpc) is 3.20. The molecule has 3 heterocycles. The van der Waals surface area contributed by atoms with E-state index in [2.05, 4.69) is 42.8 Å². The van der Waals surface area contributed by atoms with Crippen LogP contribution >= 0.6 is 0 Å². The Balaban J connectivity index is 0.975. The molecule has 3 aliphatic carbocycles. The van der Waals surface area contributed by atoms with E-state index in [0.717, 1.165) is 38.8 Å². The van der Waals surface area contributed by atoms with E-state index in [1.807, 2.05) is 0 Å². The Morgan fingerprint density at radius 2 is 2.03 bits per heavy atom. The molecule has 9 nitrogen and oxygen atoms in total. The lowest BCUT2D eigenvalue weighted by Gasteiger charge is -2.71. The number of nitrogens with zero attached hydrogens (tertiary/aromatic N) is 1. The molecule has 1 aromatic rings. The van der Waals surface area contributed by atoms with Crippen LogP contribution < -0.4 is 35.6 Å². The highest BCUT2D eigenvalue weighted by atomic mass is 19.3. The Kier molecular flexibility index (Phi) is 4.40. The zero-order chi connectivity index (χ0) is 22.1. The van der Waals surface area contributed by atoms with E-state index >= 15 is 0 Å². The molecule has 32 heavy (non-hydrogen) atoms. The molecule has 0 spiro atoms. The van der Waals surface area contributed by atoms with Gasteiger partial charge in [-0.15, -0.1) is 8.78 Å². The third-order valence-corrected chi connectivity index (χ3v) is 7.12. The van der Waals surface area contributed by atoms with Crippen LogP contribution in [0.4, 0.5) is 8.78 Å². The number of carbonyl (C=O) groups is 1. The van der Waals surface area contributed by atoms with E-state index < -0.39 is 6.29 Å². The summed E-state index contributed by atoms with van der Waals surface area (Å²) in [6.07, 6.45) is 0.384. The molecule has 3 saturated carbocycles. The maximum absolute atomic E-state index is 13.1. The number of fused-ring (bicyclic) bond motifs is 2. The van der Waals surface area contributed by atoms with Gasteiger partial charge >= 0.3 is 6.29 Å². The zero-order valence-corrected chi connectivity index (χ0v) is 17.7. The quantitative estimate of drug-likeness (QED) is 0.501. The second-order valence-corrected chi connectivity index (χ2v) is 9.81. The zero-order valence-electron chi connectivity index (χ0n) is 17.7. The highest BCUT2D eigenvalue weighted by Crippen LogP contribution is 2.60. The fourth-order valence-electron chi connectivity index (χ4n) is 5.99. The summed E-state index contributed by atoms with van der Waals surface area (Å²) in [5, 5.41) is 12.9. The van der Waals surface area contributed by atoms with Crippen molar-refractivity contribution >= 4 is 5.91 Å². The van der Waals surface area contributed by atoms with Crippen molar-refractivity contribution in [3.63, 3.8) is 0 Å². The fraction of sp³-hybridized carbons (Fsp3) is 0.667. The lowest BCUT2D eigenvalue weighted by molar-refractivity contribution is -0.286. The van der Waals surface area contributed by atoms with E-state index in [0.29, 0.717) is 12.1 Å². The molecule has 3 aliphatic heterocycles. The van der Waals surface area contributed by atoms with Gasteiger partial charge in [0.15, 0.2) is 18.1 Å². The maximum Gasteiger partial charge on any atom is 0.586 e. The summed E-state index contributed by atoms with van der Waals surface area (Å²) < 4.78 is 40.5. The van der Waals surface area contributed by atoms with E-state index in [4.69, 9.17) is 4.74 Å². The Morgan fingerprint density at radius 3 is 2.84 bits per heavy atom. The smallest absolute Gasteiger partial charge is 0.484 e. The molecule has 11 heteroatoms. The van der Waals surface area contributed by atoms with Gasteiger partial charge in [0.05, 0.1) is 12.2 Å². The molecule has 1 amide bonds. The molecule has 5 fully saturated rings. The number of nitrogens with one attached hydrogen (secondary N) is 4. The average molecular weight is 451 g/mol. The van der Waals surface area contributed by atoms with Crippen LogP contribution in [0, 0.1) is 0 Å². The molecule has 1 aromatic carbocycles. The van der Waals surface area contributed by atoms with Gasteiger partial charge in [0, 0.05) is 36.3 Å². The van der Waals surface area contributed by atoms with Crippen LogP contribution in [0.1, 0.15) is 32.6 Å². The molecule has 3 unspecified atom stereocenters. The number of ether oxygens (including phenoxy) is 3. The molecular weight excluding hydrogens is 424 g/mol. The third kappa shape index (κ3) is 3.47. The summed E-state index contributed by atoms with van der Waals surface area (Å²) in [4.78, 5) is 12.4. The SMILES string of the molecule is CC1CC2C(NC34CC(NC(=O)COc5ccc6c(c5)OC(F)(F)O6)(C3)C4)NCCN2N1. The summed E-state index contributed by atoms with van der Waals surface area (Å²) in [6, 6.07) is 5.03. The third-order valence-electron chi connectivity index (χ3n) is 7.12. The molecular formula is C21H27F2N5O4. The minimum Gasteiger partial charge on any atom is -0.484 e. The lowest BCUT2D eigenvalue weighted by atomic mass is 9.44. The van der Waals surface area contributed by atoms with Gasteiger partial charge in [0.25, 0.3) is 5.91 Å². The molecule has 4 N–H and O–H groups in total. The minimum atomic E-state index is -3.68. The second kappa shape index (κ2) is 6.89. The second-order valence-electron chi connectivity index (χ2n) is 9.81. The normalized spacial score (nSPS) is 38.4. The van der Waals surface area contributed by atoms with Gasteiger partial charge in [-0.1, -0.05) is 0 Å². The molecule has 7 rings (SSSR count). The van der Waals surface area contributed by atoms with Crippen LogP contribution in [0.2, 0.25) is 0 Å². The molecule has 0 aromatic heterocycles. The van der Waals surface area contributed by atoms with Gasteiger partial charge in [-0.25, -0.2) is 5.01 Å². The number of benzene rings is 1. The first kappa shape index (κ1) is 20.4. The molecule has 3 atom stereocenters. The number of piperazine rings is 1. The van der Waals surface area contributed by atoms with Crippen molar-refractivity contribution in [3.8, 4) is 17.2 Å². The van der Waals surface area contributed by atoms with Crippen LogP contribution in [0.3, 0.4) is 0 Å². The highest BCUT2D eigenvalue weighted by molar-refractivity contribution is 5.79. The van der Waals surface area contributed by atoms with Gasteiger partial charge < -0.3 is 19.5 Å². The monoisotopic (exact) mass is 451 g/mol. The molecule has 2 saturated heterocycles. The maximum atomic E-state index is 13.1. The highest BCUT2D eigenvalue weighted by Gasteiger charge is 2.69. The first-order valence-electron chi connectivity index (χ1n) is 11.1. The van der Waals surface area contributed by atoms with Gasteiger partial charge in [-0.05, 0) is 44.7 Å². The van der Waals surface area contributed by atoms with E-state index in [9.17, 15) is 13.6 Å². The van der Waals surface area contributed by atoms with Crippen molar-refractivity contribution < 1.29 is 27.8 Å². The number of rotatable bonds is 6. The van der Waals surface area contributed by atoms with Gasteiger partial charge in [0.2, 0.25) is 0 Å². The largest absolute Gasteiger partial charge is 0.586 e. The number of amides is 1. The van der Waals surface area contributed by atoms with Crippen molar-refractivity contribution in [2.75, 3.05) is 19.7 Å². The van der Waals surface area contributed by atoms with E-state index in [1.54, 1.807) is 0 Å². The summed E-state index contributed by atoms with van der Waals surface area (Å²) in [5.74, 6) is -0.126. The van der Waals surface area contributed by atoms with Crippen LogP contribution in [0.15, 0.2) is 18.2 Å². The fourth-order valence-corrected chi connectivity index (χ4v) is 5.99. The number of hydrogen-bond donors (Lipinski definition) is 4. The predicted octanol–water partition coefficient (Wildman–Crippen LogP) is 0.665. The van der Waals surface area contributed by atoms with Crippen molar-refractivity contribution in [2.24, 2.45) is 0 Å². The van der Waals surface area contributed by atoms with Crippen molar-refractivity contribution in [3.05, 3.63) is 18.2 Å². The summed E-state index contributed by atoms with van der Waals surface area (Å²) in [5.41, 5.74) is 3.45. The van der Waals surface area contributed by atoms with Crippen LogP contribution in [-0.2, 0) is 4.79 Å². The van der Waals surface area contributed by atoms with E-state index in [1.165, 1.54) is 18.2 Å².